The molecule has 3 heteroatoms. The molecule has 58 valence electrons. The summed E-state index contributed by atoms with van der Waals surface area (Å²) in [6.07, 6.45) is 1.79. The van der Waals surface area contributed by atoms with E-state index in [1.807, 2.05) is 0 Å². The number of ether oxygens (including phenoxy) is 1. The van der Waals surface area contributed by atoms with E-state index in [4.69, 9.17) is 5.11 Å². The molecule has 0 aliphatic rings. The molecule has 0 bridgehead atoms. The lowest BCUT2D eigenvalue weighted by molar-refractivity contribution is 0.0562. The van der Waals surface area contributed by atoms with Crippen molar-refractivity contribution in [3.05, 3.63) is 12.7 Å². The highest BCUT2D eigenvalue weighted by Crippen LogP contribution is 2.01. The average Bonchev–Trinajstić information content (AvgIpc) is 1.82. The van der Waals surface area contributed by atoms with Crippen LogP contribution >= 0.6 is 0 Å². The summed E-state index contributed by atoms with van der Waals surface area (Å²) in [6.45, 7) is 5.23. The number of hydrogen-bond acceptors (Lipinski definition) is 2. The number of rotatable bonds is 4. The maximum Gasteiger partial charge on any atom is 0.506 e. The fraction of sp³-hybridized carbons (Fsp3) is 0.571. The third-order valence-electron chi connectivity index (χ3n) is 1.08. The Kier molecular flexibility index (Phi) is 4.37. The van der Waals surface area contributed by atoms with Crippen LogP contribution < -0.4 is 0 Å². The monoisotopic (exact) mass is 144 g/mol. The van der Waals surface area contributed by atoms with Crippen LogP contribution in [0.4, 0.5) is 4.79 Å². The van der Waals surface area contributed by atoms with E-state index in [9.17, 15) is 4.79 Å². The first kappa shape index (κ1) is 9.01. The third-order valence-corrected chi connectivity index (χ3v) is 1.08. The summed E-state index contributed by atoms with van der Waals surface area (Å²) in [7, 11) is 0. The lowest BCUT2D eigenvalue weighted by Gasteiger charge is -2.07. The first-order chi connectivity index (χ1) is 4.66. The van der Waals surface area contributed by atoms with Gasteiger partial charge in [-0.3, -0.25) is 0 Å². The van der Waals surface area contributed by atoms with Crippen LogP contribution in [0.2, 0.25) is 0 Å². The van der Waals surface area contributed by atoms with Crippen molar-refractivity contribution in [1.82, 2.24) is 0 Å². The van der Waals surface area contributed by atoms with Crippen LogP contribution in [0.1, 0.15) is 19.8 Å². The second-order valence-electron chi connectivity index (χ2n) is 2.06. The molecule has 0 amide bonds. The Bertz CT molecular complexity index is 120. The smallest absolute Gasteiger partial charge is 0.450 e. The molecule has 0 aliphatic carbocycles. The molecule has 10 heavy (non-hydrogen) atoms. The molecule has 0 saturated carbocycles. The third kappa shape index (κ3) is 5.15. The standard InChI is InChI=1S/C7H12O3/c1-3-4-5-6(2)10-7(8)9/h3,6H,1,4-5H2,2H3,(H,8,9). The van der Waals surface area contributed by atoms with Crippen molar-refractivity contribution in [2.75, 3.05) is 0 Å². The molecule has 1 unspecified atom stereocenters. The van der Waals surface area contributed by atoms with Crippen LogP contribution in [-0.4, -0.2) is 17.4 Å². The lowest BCUT2D eigenvalue weighted by atomic mass is 10.2. The van der Waals surface area contributed by atoms with E-state index < -0.39 is 6.16 Å². The Morgan fingerprint density at radius 2 is 2.50 bits per heavy atom. The van der Waals surface area contributed by atoms with Crippen molar-refractivity contribution in [1.29, 1.82) is 0 Å². The molecule has 0 radical (unpaired) electrons. The van der Waals surface area contributed by atoms with Crippen molar-refractivity contribution < 1.29 is 14.6 Å². The highest BCUT2D eigenvalue weighted by atomic mass is 16.7. The van der Waals surface area contributed by atoms with Gasteiger partial charge in [0.1, 0.15) is 6.10 Å². The molecule has 0 aromatic carbocycles. The Morgan fingerprint density at radius 1 is 1.90 bits per heavy atom. The molecule has 0 aliphatic heterocycles. The number of allylic oxidation sites excluding steroid dienone is 1. The van der Waals surface area contributed by atoms with Crippen molar-refractivity contribution in [2.24, 2.45) is 0 Å². The van der Waals surface area contributed by atoms with Crippen LogP contribution in [0.15, 0.2) is 12.7 Å². The zero-order valence-corrected chi connectivity index (χ0v) is 6.04. The molecular weight excluding hydrogens is 132 g/mol. The van der Waals surface area contributed by atoms with Gasteiger partial charge in [-0.2, -0.15) is 0 Å². The fourth-order valence-electron chi connectivity index (χ4n) is 0.584. The zero-order chi connectivity index (χ0) is 7.98. The molecular formula is C7H12O3. The van der Waals surface area contributed by atoms with Crippen LogP contribution in [0, 0.1) is 0 Å². The van der Waals surface area contributed by atoms with Gasteiger partial charge in [0, 0.05) is 0 Å². The topological polar surface area (TPSA) is 46.5 Å². The first-order valence-corrected chi connectivity index (χ1v) is 3.17. The van der Waals surface area contributed by atoms with E-state index in [1.54, 1.807) is 13.0 Å². The van der Waals surface area contributed by atoms with Crippen molar-refractivity contribution in [2.45, 2.75) is 25.9 Å². The predicted octanol–water partition coefficient (Wildman–Crippen LogP) is 2.04. The minimum Gasteiger partial charge on any atom is -0.450 e. The minimum absolute atomic E-state index is 0.226. The van der Waals surface area contributed by atoms with E-state index in [2.05, 4.69) is 11.3 Å². The molecule has 0 saturated heterocycles. The van der Waals surface area contributed by atoms with Crippen LogP contribution in [0.3, 0.4) is 0 Å². The quantitative estimate of drug-likeness (QED) is 0.485. The summed E-state index contributed by atoms with van der Waals surface area (Å²) in [5, 5.41) is 8.14. The number of carbonyl (C=O) groups is 1. The SMILES string of the molecule is C=CCCC(C)OC(=O)O. The summed E-state index contributed by atoms with van der Waals surface area (Å²) >= 11 is 0. The lowest BCUT2D eigenvalue weighted by Crippen LogP contribution is -2.12. The zero-order valence-electron chi connectivity index (χ0n) is 6.04. The second-order valence-corrected chi connectivity index (χ2v) is 2.06. The molecule has 0 aromatic rings. The highest BCUT2D eigenvalue weighted by molar-refractivity contribution is 5.56. The van der Waals surface area contributed by atoms with Gasteiger partial charge < -0.3 is 9.84 Å². The number of hydrogen-bond donors (Lipinski definition) is 1. The van der Waals surface area contributed by atoms with Gasteiger partial charge in [-0.1, -0.05) is 6.08 Å². The minimum atomic E-state index is -1.21. The molecule has 1 atom stereocenters. The van der Waals surface area contributed by atoms with Gasteiger partial charge in [-0.05, 0) is 19.8 Å². The Hall–Kier alpha value is -0.990. The molecule has 0 rings (SSSR count). The molecule has 3 nitrogen and oxygen atoms in total. The Balaban J connectivity index is 3.33. The van der Waals surface area contributed by atoms with Crippen LogP contribution in [0.5, 0.6) is 0 Å². The van der Waals surface area contributed by atoms with Crippen LogP contribution in [0.25, 0.3) is 0 Å². The van der Waals surface area contributed by atoms with Gasteiger partial charge in [-0.15, -0.1) is 6.58 Å². The van der Waals surface area contributed by atoms with E-state index >= 15 is 0 Å². The fourth-order valence-corrected chi connectivity index (χ4v) is 0.584. The molecule has 0 aromatic heterocycles. The largest absolute Gasteiger partial charge is 0.506 e. The van der Waals surface area contributed by atoms with Gasteiger partial charge in [-0.25, -0.2) is 4.79 Å². The van der Waals surface area contributed by atoms with Crippen LogP contribution in [-0.2, 0) is 4.74 Å². The molecule has 0 fully saturated rings. The van der Waals surface area contributed by atoms with Gasteiger partial charge >= 0.3 is 6.16 Å². The number of carboxylic acid groups (broad SMARTS) is 1. The van der Waals surface area contributed by atoms with E-state index in [-0.39, 0.29) is 6.10 Å². The summed E-state index contributed by atoms with van der Waals surface area (Å²) < 4.78 is 4.42. The van der Waals surface area contributed by atoms with Crippen molar-refractivity contribution in [3.8, 4) is 0 Å². The summed E-state index contributed by atoms with van der Waals surface area (Å²) in [5.41, 5.74) is 0. The average molecular weight is 144 g/mol. The van der Waals surface area contributed by atoms with E-state index in [0.717, 1.165) is 6.42 Å². The van der Waals surface area contributed by atoms with Gasteiger partial charge in [0.25, 0.3) is 0 Å². The molecule has 0 heterocycles. The maximum absolute atomic E-state index is 9.92. The Morgan fingerprint density at radius 3 is 2.90 bits per heavy atom. The van der Waals surface area contributed by atoms with Crippen molar-refractivity contribution in [3.63, 3.8) is 0 Å². The second kappa shape index (κ2) is 4.85. The highest BCUT2D eigenvalue weighted by Gasteiger charge is 2.04. The summed E-state index contributed by atoms with van der Waals surface area (Å²) in [6, 6.07) is 0. The molecule has 1 N–H and O–H groups in total. The van der Waals surface area contributed by atoms with E-state index in [0.29, 0.717) is 6.42 Å². The van der Waals surface area contributed by atoms with Gasteiger partial charge in [0.15, 0.2) is 0 Å². The predicted molar refractivity (Wildman–Crippen MR) is 38.0 cm³/mol. The first-order valence-electron chi connectivity index (χ1n) is 3.17. The Labute approximate surface area is 60.3 Å². The van der Waals surface area contributed by atoms with Gasteiger partial charge in [0.2, 0.25) is 0 Å². The van der Waals surface area contributed by atoms with E-state index in [1.165, 1.54) is 0 Å². The van der Waals surface area contributed by atoms with Crippen molar-refractivity contribution >= 4 is 6.16 Å². The normalized spacial score (nSPS) is 12.1. The molecule has 0 spiro atoms. The summed E-state index contributed by atoms with van der Waals surface area (Å²) in [5.74, 6) is 0. The van der Waals surface area contributed by atoms with Gasteiger partial charge in [0.05, 0.1) is 0 Å². The maximum atomic E-state index is 9.92. The summed E-state index contributed by atoms with van der Waals surface area (Å²) in [4.78, 5) is 9.92.